The van der Waals surface area contributed by atoms with E-state index >= 15 is 0 Å². The van der Waals surface area contributed by atoms with Crippen LogP contribution < -0.4 is 9.80 Å². The van der Waals surface area contributed by atoms with Crippen LogP contribution in [-0.4, -0.2) is 40.5 Å². The quantitative estimate of drug-likeness (QED) is 0.813. The zero-order valence-corrected chi connectivity index (χ0v) is 14.9. The lowest BCUT2D eigenvalue weighted by Crippen LogP contribution is -2.32. The van der Waals surface area contributed by atoms with Gasteiger partial charge in [0.15, 0.2) is 0 Å². The van der Waals surface area contributed by atoms with E-state index in [0.29, 0.717) is 19.6 Å². The van der Waals surface area contributed by atoms with Crippen LogP contribution in [0.4, 0.5) is 24.1 Å². The zero-order chi connectivity index (χ0) is 18.7. The minimum Gasteiger partial charge on any atom is -0.354 e. The van der Waals surface area contributed by atoms with Gasteiger partial charge in [0.25, 0.3) is 0 Å². The molecule has 26 heavy (non-hydrogen) atoms. The van der Waals surface area contributed by atoms with Gasteiger partial charge >= 0.3 is 6.18 Å². The topological polar surface area (TPSA) is 68.9 Å². The van der Waals surface area contributed by atoms with Gasteiger partial charge < -0.3 is 9.80 Å². The summed E-state index contributed by atoms with van der Waals surface area (Å²) in [6, 6.07) is 3.97. The van der Waals surface area contributed by atoms with E-state index in [1.165, 1.54) is 17.6 Å². The smallest absolute Gasteiger partial charge is 0.354 e. The molecule has 10 heteroatoms. The van der Waals surface area contributed by atoms with Gasteiger partial charge in [-0.3, -0.25) is 0 Å². The molecule has 1 aliphatic heterocycles. The Balaban J connectivity index is 1.81. The summed E-state index contributed by atoms with van der Waals surface area (Å²) in [5.74, 6) is 0.883. The predicted octanol–water partition coefficient (Wildman–Crippen LogP) is 3.10. The fraction of sp³-hybridized carbons (Fsp3) is 0.500. The molecule has 0 amide bonds. The number of pyridine rings is 1. The van der Waals surface area contributed by atoms with Crippen LogP contribution >= 0.6 is 11.5 Å². The number of alkyl halides is 3. The van der Waals surface area contributed by atoms with Crippen LogP contribution in [0.25, 0.3) is 0 Å². The zero-order valence-electron chi connectivity index (χ0n) is 14.1. The van der Waals surface area contributed by atoms with Crippen LogP contribution in [0.1, 0.15) is 30.4 Å². The molecule has 0 N–H and O–H groups in total. The fourth-order valence-corrected chi connectivity index (χ4v) is 3.57. The predicted molar refractivity (Wildman–Crippen MR) is 92.3 cm³/mol. The normalized spacial score (nSPS) is 15.7. The molecule has 3 rings (SSSR count). The SMILES string of the molecule is CCc1nsc(N2CCCN(c3nc(C(F)(F)F)ccc3C#N)CC2)n1. The largest absolute Gasteiger partial charge is 0.433 e. The molecular weight excluding hydrogens is 365 g/mol. The Morgan fingerprint density at radius 3 is 2.54 bits per heavy atom. The maximum absolute atomic E-state index is 13.0. The number of anilines is 2. The molecule has 0 aromatic carbocycles. The maximum Gasteiger partial charge on any atom is 0.433 e. The number of halogens is 3. The van der Waals surface area contributed by atoms with Gasteiger partial charge in [-0.05, 0) is 18.6 Å². The Bertz CT molecular complexity index is 813. The first-order valence-electron chi connectivity index (χ1n) is 8.23. The molecule has 3 heterocycles. The number of rotatable bonds is 3. The van der Waals surface area contributed by atoms with E-state index in [2.05, 4.69) is 19.2 Å². The molecule has 1 fully saturated rings. The van der Waals surface area contributed by atoms with Gasteiger partial charge in [0.2, 0.25) is 5.13 Å². The second-order valence-corrected chi connectivity index (χ2v) is 6.58. The second-order valence-electron chi connectivity index (χ2n) is 5.85. The van der Waals surface area contributed by atoms with Gasteiger partial charge in [0, 0.05) is 44.1 Å². The summed E-state index contributed by atoms with van der Waals surface area (Å²) in [7, 11) is 0. The molecule has 0 saturated carbocycles. The summed E-state index contributed by atoms with van der Waals surface area (Å²) in [5, 5.41) is 10.1. The standard InChI is InChI=1S/C16H17F3N6S/c1-2-13-22-15(26-23-13)25-7-3-6-24(8-9-25)14-11(10-20)4-5-12(21-14)16(17,18)19/h4-5H,2-3,6-9H2,1H3. The Labute approximate surface area is 153 Å². The monoisotopic (exact) mass is 382 g/mol. The number of nitriles is 1. The number of aryl methyl sites for hydroxylation is 1. The highest BCUT2D eigenvalue weighted by molar-refractivity contribution is 7.09. The van der Waals surface area contributed by atoms with E-state index in [-0.39, 0.29) is 11.4 Å². The highest BCUT2D eigenvalue weighted by atomic mass is 32.1. The fourth-order valence-electron chi connectivity index (χ4n) is 2.77. The van der Waals surface area contributed by atoms with Crippen molar-refractivity contribution in [1.82, 2.24) is 14.3 Å². The van der Waals surface area contributed by atoms with Crippen molar-refractivity contribution in [2.75, 3.05) is 36.0 Å². The second kappa shape index (κ2) is 7.45. The van der Waals surface area contributed by atoms with Crippen LogP contribution in [0.15, 0.2) is 12.1 Å². The van der Waals surface area contributed by atoms with Crippen molar-refractivity contribution in [2.45, 2.75) is 25.9 Å². The minimum absolute atomic E-state index is 0.0932. The third kappa shape index (κ3) is 3.88. The van der Waals surface area contributed by atoms with Crippen LogP contribution in [0.2, 0.25) is 0 Å². The van der Waals surface area contributed by atoms with E-state index in [4.69, 9.17) is 0 Å². The van der Waals surface area contributed by atoms with Gasteiger partial charge in [-0.2, -0.15) is 22.8 Å². The molecule has 138 valence electrons. The summed E-state index contributed by atoms with van der Waals surface area (Å²) in [5.41, 5.74) is -0.833. The summed E-state index contributed by atoms with van der Waals surface area (Å²) >= 11 is 1.33. The van der Waals surface area contributed by atoms with Crippen molar-refractivity contribution < 1.29 is 13.2 Å². The molecule has 0 bridgehead atoms. The Morgan fingerprint density at radius 2 is 1.88 bits per heavy atom. The lowest BCUT2D eigenvalue weighted by Gasteiger charge is -2.24. The Hall–Kier alpha value is -2.41. The number of aromatic nitrogens is 3. The Morgan fingerprint density at radius 1 is 1.15 bits per heavy atom. The van der Waals surface area contributed by atoms with Crippen molar-refractivity contribution in [2.24, 2.45) is 0 Å². The van der Waals surface area contributed by atoms with Crippen LogP contribution in [-0.2, 0) is 12.6 Å². The van der Waals surface area contributed by atoms with Crippen LogP contribution in [0.3, 0.4) is 0 Å². The van der Waals surface area contributed by atoms with Gasteiger partial charge in [0.05, 0.1) is 5.56 Å². The minimum atomic E-state index is -4.54. The van der Waals surface area contributed by atoms with Crippen molar-refractivity contribution in [3.05, 3.63) is 29.2 Å². The summed E-state index contributed by atoms with van der Waals surface area (Å²) in [6.45, 7) is 4.29. The van der Waals surface area contributed by atoms with Crippen molar-refractivity contribution in [1.29, 1.82) is 5.26 Å². The van der Waals surface area contributed by atoms with E-state index in [9.17, 15) is 18.4 Å². The van der Waals surface area contributed by atoms with Crippen LogP contribution in [0, 0.1) is 11.3 Å². The highest BCUT2D eigenvalue weighted by Gasteiger charge is 2.34. The van der Waals surface area contributed by atoms with Gasteiger partial charge in [-0.1, -0.05) is 6.92 Å². The molecule has 2 aromatic rings. The molecular formula is C16H17F3N6S. The van der Waals surface area contributed by atoms with Gasteiger partial charge in [-0.25, -0.2) is 9.97 Å². The molecule has 6 nitrogen and oxygen atoms in total. The molecule has 0 spiro atoms. The average Bonchev–Trinajstić information content (AvgIpc) is 2.97. The summed E-state index contributed by atoms with van der Waals surface area (Å²) < 4.78 is 43.2. The van der Waals surface area contributed by atoms with Gasteiger partial charge in [0.1, 0.15) is 23.4 Å². The van der Waals surface area contributed by atoms with Gasteiger partial charge in [-0.15, -0.1) is 0 Å². The maximum atomic E-state index is 13.0. The molecule has 1 saturated heterocycles. The van der Waals surface area contributed by atoms with E-state index < -0.39 is 11.9 Å². The summed E-state index contributed by atoms with van der Waals surface area (Å²) in [4.78, 5) is 12.0. The third-order valence-corrected chi connectivity index (χ3v) is 4.94. The van der Waals surface area contributed by atoms with Crippen molar-refractivity contribution >= 4 is 22.5 Å². The molecule has 1 aliphatic rings. The lowest BCUT2D eigenvalue weighted by atomic mass is 10.2. The average molecular weight is 382 g/mol. The molecule has 0 atom stereocenters. The van der Waals surface area contributed by atoms with Crippen LogP contribution in [0.5, 0.6) is 0 Å². The molecule has 0 radical (unpaired) electrons. The van der Waals surface area contributed by atoms with E-state index in [1.807, 2.05) is 13.0 Å². The first kappa shape index (κ1) is 18.4. The Kier molecular flexibility index (Phi) is 5.27. The van der Waals surface area contributed by atoms with Crippen molar-refractivity contribution in [3.63, 3.8) is 0 Å². The number of hydrogen-bond acceptors (Lipinski definition) is 7. The molecule has 0 unspecified atom stereocenters. The number of nitrogens with zero attached hydrogens (tertiary/aromatic N) is 6. The third-order valence-electron chi connectivity index (χ3n) is 4.13. The number of hydrogen-bond donors (Lipinski definition) is 0. The molecule has 2 aromatic heterocycles. The van der Waals surface area contributed by atoms with E-state index in [0.717, 1.165) is 36.4 Å². The van der Waals surface area contributed by atoms with Crippen molar-refractivity contribution in [3.8, 4) is 6.07 Å². The van der Waals surface area contributed by atoms with E-state index in [1.54, 1.807) is 4.90 Å². The first-order valence-corrected chi connectivity index (χ1v) is 9.00. The summed E-state index contributed by atoms with van der Waals surface area (Å²) in [6.07, 6.45) is -3.05. The molecule has 0 aliphatic carbocycles. The lowest BCUT2D eigenvalue weighted by molar-refractivity contribution is -0.141. The first-order chi connectivity index (χ1) is 12.4. The highest BCUT2D eigenvalue weighted by Crippen LogP contribution is 2.31.